The van der Waals surface area contributed by atoms with Gasteiger partial charge in [-0.1, -0.05) is 23.8 Å². The van der Waals surface area contributed by atoms with E-state index >= 15 is 0 Å². The molecule has 0 spiro atoms. The van der Waals surface area contributed by atoms with Gasteiger partial charge < -0.3 is 14.8 Å². The fourth-order valence-electron chi connectivity index (χ4n) is 3.17. The first-order chi connectivity index (χ1) is 13.7. The van der Waals surface area contributed by atoms with Gasteiger partial charge in [-0.05, 0) is 68.6 Å². The molecular formula is C21H21F3N2O3. The molecule has 29 heavy (non-hydrogen) atoms. The van der Waals surface area contributed by atoms with Crippen molar-refractivity contribution in [1.29, 1.82) is 0 Å². The summed E-state index contributed by atoms with van der Waals surface area (Å²) in [7, 11) is 0. The van der Waals surface area contributed by atoms with Crippen LogP contribution >= 0.6 is 0 Å². The number of piperidine rings is 1. The predicted molar refractivity (Wildman–Crippen MR) is 103 cm³/mol. The Kier molecular flexibility index (Phi) is 6.22. The predicted octanol–water partition coefficient (Wildman–Crippen LogP) is 4.90. The number of carboxylic acids is 1. The molecule has 1 fully saturated rings. The molecule has 0 bridgehead atoms. The van der Waals surface area contributed by atoms with E-state index in [1.165, 1.54) is 24.0 Å². The number of alkyl halides is 3. The Bertz CT molecular complexity index is 975. The number of aromatic nitrogens is 1. The summed E-state index contributed by atoms with van der Waals surface area (Å²) in [5.41, 5.74) is 5.48. The highest BCUT2D eigenvalue weighted by molar-refractivity contribution is 5.77. The zero-order chi connectivity index (χ0) is 21.0. The second-order valence-corrected chi connectivity index (χ2v) is 6.94. The molecular weight excluding hydrogens is 385 g/mol. The smallest absolute Gasteiger partial charge is 0.475 e. The molecule has 0 aliphatic carbocycles. The summed E-state index contributed by atoms with van der Waals surface area (Å²) in [6, 6.07) is 14.8. The van der Waals surface area contributed by atoms with E-state index in [1.54, 1.807) is 0 Å². The van der Waals surface area contributed by atoms with Gasteiger partial charge in [0, 0.05) is 5.56 Å². The first kappa shape index (κ1) is 20.9. The first-order valence-corrected chi connectivity index (χ1v) is 9.22. The fraction of sp³-hybridized carbons (Fsp3) is 0.333. The van der Waals surface area contributed by atoms with E-state index in [0.29, 0.717) is 11.8 Å². The molecule has 0 amide bonds. The molecule has 2 N–H and O–H groups in total. The average Bonchev–Trinajstić information content (AvgIpc) is 3.12. The Balaban J connectivity index is 0.000000298. The summed E-state index contributed by atoms with van der Waals surface area (Å²) in [4.78, 5) is 13.5. The van der Waals surface area contributed by atoms with Crippen molar-refractivity contribution >= 4 is 17.1 Å². The standard InChI is InChI=1S/C19H20N2O.C2HF3O2/c1-13-2-4-15(5-3-13)19-21-17-7-6-16(12-18(17)22-19)14-8-10-20-11-9-14;3-2(4,5)1(6)7/h2-7,12,14,20H,8-11H2,1H3;(H,6,7). The normalized spacial score (nSPS) is 15.0. The number of carbonyl (C=O) groups is 1. The molecule has 0 radical (unpaired) electrons. The molecule has 1 aliphatic rings. The van der Waals surface area contributed by atoms with Crippen LogP contribution in [0.25, 0.3) is 22.6 Å². The molecule has 154 valence electrons. The van der Waals surface area contributed by atoms with Gasteiger partial charge in [-0.15, -0.1) is 0 Å². The maximum absolute atomic E-state index is 10.6. The van der Waals surface area contributed by atoms with Gasteiger partial charge in [0.1, 0.15) is 5.52 Å². The number of aliphatic carboxylic acids is 1. The van der Waals surface area contributed by atoms with Crippen molar-refractivity contribution < 1.29 is 27.5 Å². The van der Waals surface area contributed by atoms with Crippen LogP contribution in [0.2, 0.25) is 0 Å². The van der Waals surface area contributed by atoms with E-state index in [0.717, 1.165) is 29.8 Å². The number of aryl methyl sites for hydroxylation is 1. The van der Waals surface area contributed by atoms with Crippen LogP contribution in [0.3, 0.4) is 0 Å². The van der Waals surface area contributed by atoms with E-state index in [1.807, 2.05) is 0 Å². The molecule has 1 saturated heterocycles. The van der Waals surface area contributed by atoms with Crippen LogP contribution in [0.4, 0.5) is 13.2 Å². The van der Waals surface area contributed by atoms with Crippen LogP contribution in [-0.4, -0.2) is 35.3 Å². The Labute approximate surface area is 165 Å². The van der Waals surface area contributed by atoms with Crippen molar-refractivity contribution in [1.82, 2.24) is 10.3 Å². The maximum Gasteiger partial charge on any atom is 0.490 e. The van der Waals surface area contributed by atoms with Gasteiger partial charge >= 0.3 is 12.1 Å². The van der Waals surface area contributed by atoms with Crippen LogP contribution in [0.15, 0.2) is 46.9 Å². The van der Waals surface area contributed by atoms with E-state index < -0.39 is 12.1 Å². The number of hydrogen-bond donors (Lipinski definition) is 2. The lowest BCUT2D eigenvalue weighted by atomic mass is 9.90. The minimum Gasteiger partial charge on any atom is -0.475 e. The summed E-state index contributed by atoms with van der Waals surface area (Å²) in [6.07, 6.45) is -2.69. The number of halogens is 3. The van der Waals surface area contributed by atoms with Gasteiger partial charge in [-0.25, -0.2) is 9.78 Å². The molecule has 1 aliphatic heterocycles. The molecule has 0 atom stereocenters. The van der Waals surface area contributed by atoms with E-state index in [4.69, 9.17) is 14.3 Å². The summed E-state index contributed by atoms with van der Waals surface area (Å²) in [5.74, 6) is -1.41. The third-order valence-corrected chi connectivity index (χ3v) is 4.76. The van der Waals surface area contributed by atoms with E-state index in [-0.39, 0.29) is 0 Å². The van der Waals surface area contributed by atoms with Crippen molar-refractivity contribution in [3.63, 3.8) is 0 Å². The van der Waals surface area contributed by atoms with Gasteiger partial charge in [-0.2, -0.15) is 13.2 Å². The molecule has 3 aromatic rings. The summed E-state index contributed by atoms with van der Waals surface area (Å²) in [5, 5.41) is 10.5. The van der Waals surface area contributed by atoms with E-state index in [2.05, 4.69) is 59.7 Å². The van der Waals surface area contributed by atoms with Crippen molar-refractivity contribution in [3.8, 4) is 11.5 Å². The number of benzene rings is 2. The van der Waals surface area contributed by atoms with Gasteiger partial charge in [0.2, 0.25) is 5.89 Å². The Morgan fingerprint density at radius 2 is 1.76 bits per heavy atom. The number of oxazole rings is 1. The second-order valence-electron chi connectivity index (χ2n) is 6.94. The number of fused-ring (bicyclic) bond motifs is 1. The highest BCUT2D eigenvalue weighted by atomic mass is 19.4. The summed E-state index contributed by atoms with van der Waals surface area (Å²) < 4.78 is 37.7. The lowest BCUT2D eigenvalue weighted by molar-refractivity contribution is -0.192. The fourth-order valence-corrected chi connectivity index (χ4v) is 3.17. The zero-order valence-electron chi connectivity index (χ0n) is 15.8. The van der Waals surface area contributed by atoms with Crippen molar-refractivity contribution in [2.45, 2.75) is 31.9 Å². The molecule has 2 heterocycles. The SMILES string of the molecule is Cc1ccc(-c2nc3ccc(C4CCNCC4)cc3o2)cc1.O=C(O)C(F)(F)F. The largest absolute Gasteiger partial charge is 0.490 e. The summed E-state index contributed by atoms with van der Waals surface area (Å²) in [6.45, 7) is 4.29. The second kappa shape index (κ2) is 8.65. The lowest BCUT2D eigenvalue weighted by Crippen LogP contribution is -2.26. The Morgan fingerprint density at radius 1 is 1.14 bits per heavy atom. The molecule has 0 unspecified atom stereocenters. The number of nitrogens with zero attached hydrogens (tertiary/aromatic N) is 1. The Hall–Kier alpha value is -2.87. The minimum atomic E-state index is -5.08. The third-order valence-electron chi connectivity index (χ3n) is 4.76. The topological polar surface area (TPSA) is 75.4 Å². The highest BCUT2D eigenvalue weighted by Gasteiger charge is 2.38. The minimum absolute atomic E-state index is 0.638. The molecule has 4 rings (SSSR count). The van der Waals surface area contributed by atoms with Crippen LogP contribution < -0.4 is 5.32 Å². The number of rotatable bonds is 2. The van der Waals surface area contributed by atoms with E-state index in [9.17, 15) is 13.2 Å². The quantitative estimate of drug-likeness (QED) is 0.633. The van der Waals surface area contributed by atoms with Crippen LogP contribution in [0.1, 0.15) is 29.9 Å². The van der Waals surface area contributed by atoms with Gasteiger partial charge in [-0.3, -0.25) is 0 Å². The first-order valence-electron chi connectivity index (χ1n) is 9.22. The highest BCUT2D eigenvalue weighted by Crippen LogP contribution is 2.30. The lowest BCUT2D eigenvalue weighted by Gasteiger charge is -2.22. The number of carboxylic acid groups (broad SMARTS) is 1. The zero-order valence-corrected chi connectivity index (χ0v) is 15.8. The molecule has 1 aromatic heterocycles. The van der Waals surface area contributed by atoms with Gasteiger partial charge in [0.25, 0.3) is 0 Å². The van der Waals surface area contributed by atoms with Crippen LogP contribution in [0.5, 0.6) is 0 Å². The molecule has 2 aromatic carbocycles. The maximum atomic E-state index is 10.6. The van der Waals surface area contributed by atoms with Crippen LogP contribution in [0, 0.1) is 6.92 Å². The average molecular weight is 406 g/mol. The van der Waals surface area contributed by atoms with Crippen molar-refractivity contribution in [3.05, 3.63) is 53.6 Å². The van der Waals surface area contributed by atoms with Crippen molar-refractivity contribution in [2.24, 2.45) is 0 Å². The molecule has 0 saturated carbocycles. The summed E-state index contributed by atoms with van der Waals surface area (Å²) >= 11 is 0. The number of hydrogen-bond acceptors (Lipinski definition) is 4. The van der Waals surface area contributed by atoms with Gasteiger partial charge in [0.15, 0.2) is 5.58 Å². The molecule has 8 heteroatoms. The molecule has 5 nitrogen and oxygen atoms in total. The van der Waals surface area contributed by atoms with Crippen molar-refractivity contribution in [2.75, 3.05) is 13.1 Å². The number of nitrogens with one attached hydrogen (secondary N) is 1. The monoisotopic (exact) mass is 406 g/mol. The Morgan fingerprint density at radius 3 is 2.34 bits per heavy atom. The van der Waals surface area contributed by atoms with Gasteiger partial charge in [0.05, 0.1) is 0 Å². The van der Waals surface area contributed by atoms with Crippen LogP contribution in [-0.2, 0) is 4.79 Å². The third kappa shape index (κ3) is 5.35.